The third kappa shape index (κ3) is 4.09. The molecule has 0 fully saturated rings. The Morgan fingerprint density at radius 3 is 2.50 bits per heavy atom. The Balaban J connectivity index is 2.00. The number of nitrogens with one attached hydrogen (secondary N) is 1. The fraction of sp³-hybridized carbons (Fsp3) is 0.312. The second-order valence-electron chi connectivity index (χ2n) is 5.11. The molecule has 0 radical (unpaired) electrons. The van der Waals surface area contributed by atoms with Gasteiger partial charge in [-0.1, -0.05) is 43.6 Å². The van der Waals surface area contributed by atoms with E-state index in [0.717, 1.165) is 5.56 Å². The summed E-state index contributed by atoms with van der Waals surface area (Å²) in [5, 5.41) is 5.85. The molecule has 1 aromatic carbocycles. The van der Waals surface area contributed by atoms with Gasteiger partial charge in [-0.25, -0.2) is 0 Å². The number of benzene rings is 1. The molecule has 20 heavy (non-hydrogen) atoms. The lowest BCUT2D eigenvalue weighted by atomic mass is 10.0. The van der Waals surface area contributed by atoms with Crippen molar-refractivity contribution in [2.75, 3.05) is 0 Å². The second-order valence-corrected chi connectivity index (χ2v) is 6.52. The average Bonchev–Trinajstić information content (AvgIpc) is 2.92. The van der Waals surface area contributed by atoms with Gasteiger partial charge < -0.3 is 5.32 Å². The van der Waals surface area contributed by atoms with E-state index in [1.165, 1.54) is 4.88 Å². The Hall–Kier alpha value is -1.32. The SMILES string of the molecule is CC(C)C(NC(=O)Cc1ccc(Cl)cc1)c1cccs1. The van der Waals surface area contributed by atoms with Crippen molar-refractivity contribution in [2.24, 2.45) is 5.92 Å². The lowest BCUT2D eigenvalue weighted by Gasteiger charge is -2.21. The van der Waals surface area contributed by atoms with Crippen molar-refractivity contribution >= 4 is 28.8 Å². The van der Waals surface area contributed by atoms with E-state index < -0.39 is 0 Å². The van der Waals surface area contributed by atoms with Crippen LogP contribution in [0.1, 0.15) is 30.3 Å². The third-order valence-corrected chi connectivity index (χ3v) is 4.32. The number of carbonyl (C=O) groups is 1. The molecule has 0 aliphatic carbocycles. The average molecular weight is 308 g/mol. The van der Waals surface area contributed by atoms with E-state index in [0.29, 0.717) is 17.4 Å². The fourth-order valence-corrected chi connectivity index (χ4v) is 3.12. The Morgan fingerprint density at radius 1 is 1.25 bits per heavy atom. The highest BCUT2D eigenvalue weighted by Crippen LogP contribution is 2.25. The Kier molecular flexibility index (Phi) is 5.21. The number of hydrogen-bond acceptors (Lipinski definition) is 2. The molecule has 0 aliphatic heterocycles. The molecular formula is C16H18ClNOS. The molecule has 2 rings (SSSR count). The molecule has 2 aromatic rings. The zero-order valence-corrected chi connectivity index (χ0v) is 13.2. The van der Waals surface area contributed by atoms with Gasteiger partial charge in [0, 0.05) is 9.90 Å². The quantitative estimate of drug-likeness (QED) is 0.868. The van der Waals surface area contributed by atoms with E-state index in [9.17, 15) is 4.79 Å². The van der Waals surface area contributed by atoms with Crippen LogP contribution < -0.4 is 5.32 Å². The van der Waals surface area contributed by atoms with Crippen LogP contribution in [-0.4, -0.2) is 5.91 Å². The number of amides is 1. The largest absolute Gasteiger partial charge is 0.348 e. The standard InChI is InChI=1S/C16H18ClNOS/c1-11(2)16(14-4-3-9-20-14)18-15(19)10-12-5-7-13(17)8-6-12/h3-9,11,16H,10H2,1-2H3,(H,18,19). The summed E-state index contributed by atoms with van der Waals surface area (Å²) in [7, 11) is 0. The van der Waals surface area contributed by atoms with Gasteiger partial charge in [0.2, 0.25) is 5.91 Å². The van der Waals surface area contributed by atoms with Crippen LogP contribution in [0.4, 0.5) is 0 Å². The maximum Gasteiger partial charge on any atom is 0.224 e. The van der Waals surface area contributed by atoms with Gasteiger partial charge in [0.25, 0.3) is 0 Å². The second kappa shape index (κ2) is 6.91. The first-order valence-corrected chi connectivity index (χ1v) is 7.89. The number of carbonyl (C=O) groups excluding carboxylic acids is 1. The predicted octanol–water partition coefficient (Wildman–Crippen LogP) is 4.46. The van der Waals surface area contributed by atoms with Gasteiger partial charge in [0.1, 0.15) is 0 Å². The van der Waals surface area contributed by atoms with Crippen molar-refractivity contribution in [1.82, 2.24) is 5.32 Å². The summed E-state index contributed by atoms with van der Waals surface area (Å²) in [5.41, 5.74) is 0.973. The summed E-state index contributed by atoms with van der Waals surface area (Å²) in [5.74, 6) is 0.405. The van der Waals surface area contributed by atoms with Crippen molar-refractivity contribution in [3.05, 3.63) is 57.2 Å². The molecule has 0 saturated heterocycles. The molecule has 2 nitrogen and oxygen atoms in total. The van der Waals surface area contributed by atoms with Gasteiger partial charge in [-0.3, -0.25) is 4.79 Å². The van der Waals surface area contributed by atoms with E-state index in [1.54, 1.807) is 11.3 Å². The highest BCUT2D eigenvalue weighted by atomic mass is 35.5. The van der Waals surface area contributed by atoms with Crippen molar-refractivity contribution in [3.63, 3.8) is 0 Å². The van der Waals surface area contributed by atoms with Gasteiger partial charge in [0.15, 0.2) is 0 Å². The van der Waals surface area contributed by atoms with Crippen LogP contribution in [0.15, 0.2) is 41.8 Å². The molecule has 0 bridgehead atoms. The Labute approximate surface area is 128 Å². The summed E-state index contributed by atoms with van der Waals surface area (Å²) in [4.78, 5) is 13.4. The summed E-state index contributed by atoms with van der Waals surface area (Å²) < 4.78 is 0. The van der Waals surface area contributed by atoms with Crippen LogP contribution in [0.3, 0.4) is 0 Å². The van der Waals surface area contributed by atoms with Crippen LogP contribution in [0.5, 0.6) is 0 Å². The van der Waals surface area contributed by atoms with Gasteiger partial charge in [0.05, 0.1) is 12.5 Å². The van der Waals surface area contributed by atoms with Crippen molar-refractivity contribution < 1.29 is 4.79 Å². The Morgan fingerprint density at radius 2 is 1.95 bits per heavy atom. The number of thiophene rings is 1. The zero-order chi connectivity index (χ0) is 14.5. The zero-order valence-electron chi connectivity index (χ0n) is 11.6. The molecule has 1 amide bonds. The Bertz CT molecular complexity index is 548. The van der Waals surface area contributed by atoms with Crippen LogP contribution in [0, 0.1) is 5.92 Å². The first-order chi connectivity index (χ1) is 9.56. The van der Waals surface area contributed by atoms with E-state index in [4.69, 9.17) is 11.6 Å². The first-order valence-electron chi connectivity index (χ1n) is 6.63. The normalized spacial score (nSPS) is 12.4. The van der Waals surface area contributed by atoms with E-state index in [-0.39, 0.29) is 11.9 Å². The molecule has 1 aromatic heterocycles. The van der Waals surface area contributed by atoms with Crippen LogP contribution >= 0.6 is 22.9 Å². The summed E-state index contributed by atoms with van der Waals surface area (Å²) in [6.07, 6.45) is 0.381. The third-order valence-electron chi connectivity index (χ3n) is 3.11. The minimum Gasteiger partial charge on any atom is -0.348 e. The molecule has 1 atom stereocenters. The maximum absolute atomic E-state index is 12.2. The molecule has 106 valence electrons. The van der Waals surface area contributed by atoms with Crippen LogP contribution in [0.25, 0.3) is 0 Å². The molecule has 1 heterocycles. The molecule has 4 heteroatoms. The highest BCUT2D eigenvalue weighted by molar-refractivity contribution is 7.10. The lowest BCUT2D eigenvalue weighted by Crippen LogP contribution is -2.32. The summed E-state index contributed by atoms with van der Waals surface area (Å²) >= 11 is 7.52. The fourth-order valence-electron chi connectivity index (χ4n) is 2.05. The highest BCUT2D eigenvalue weighted by Gasteiger charge is 2.19. The van der Waals surface area contributed by atoms with E-state index >= 15 is 0 Å². The van der Waals surface area contributed by atoms with Crippen molar-refractivity contribution in [3.8, 4) is 0 Å². The lowest BCUT2D eigenvalue weighted by molar-refractivity contribution is -0.121. The molecular weight excluding hydrogens is 290 g/mol. The molecule has 1 N–H and O–H groups in total. The molecule has 0 aliphatic rings. The minimum absolute atomic E-state index is 0.0411. The van der Waals surface area contributed by atoms with Gasteiger partial charge in [-0.2, -0.15) is 0 Å². The topological polar surface area (TPSA) is 29.1 Å². The van der Waals surface area contributed by atoms with Gasteiger partial charge in [-0.15, -0.1) is 11.3 Å². The van der Waals surface area contributed by atoms with Crippen LogP contribution in [-0.2, 0) is 11.2 Å². The molecule has 0 spiro atoms. The number of halogens is 1. The number of rotatable bonds is 5. The molecule has 0 saturated carbocycles. The maximum atomic E-state index is 12.2. The summed E-state index contributed by atoms with van der Waals surface area (Å²) in [6, 6.07) is 11.6. The van der Waals surface area contributed by atoms with Crippen molar-refractivity contribution in [2.45, 2.75) is 26.3 Å². The molecule has 1 unspecified atom stereocenters. The minimum atomic E-state index is 0.0411. The van der Waals surface area contributed by atoms with E-state index in [1.807, 2.05) is 35.7 Å². The van der Waals surface area contributed by atoms with E-state index in [2.05, 4.69) is 25.2 Å². The monoisotopic (exact) mass is 307 g/mol. The summed E-state index contributed by atoms with van der Waals surface area (Å²) in [6.45, 7) is 4.24. The van der Waals surface area contributed by atoms with Gasteiger partial charge in [-0.05, 0) is 35.1 Å². The van der Waals surface area contributed by atoms with Crippen LogP contribution in [0.2, 0.25) is 5.02 Å². The van der Waals surface area contributed by atoms with Crippen molar-refractivity contribution in [1.29, 1.82) is 0 Å². The first kappa shape index (κ1) is 15.1. The predicted molar refractivity (Wildman–Crippen MR) is 85.2 cm³/mol. The number of hydrogen-bond donors (Lipinski definition) is 1. The van der Waals surface area contributed by atoms with Gasteiger partial charge >= 0.3 is 0 Å². The smallest absolute Gasteiger partial charge is 0.224 e.